The van der Waals surface area contributed by atoms with Gasteiger partial charge in [0.05, 0.1) is 6.20 Å². The van der Waals surface area contributed by atoms with Gasteiger partial charge in [0.25, 0.3) is 0 Å². The van der Waals surface area contributed by atoms with Gasteiger partial charge >= 0.3 is 0 Å². The second-order valence-electron chi connectivity index (χ2n) is 4.54. The first-order valence-corrected chi connectivity index (χ1v) is 6.20. The molecule has 2 heterocycles. The van der Waals surface area contributed by atoms with Crippen LogP contribution in [0.5, 0.6) is 0 Å². The minimum Gasteiger partial charge on any atom is -0.311 e. The molecule has 0 saturated heterocycles. The van der Waals surface area contributed by atoms with Crippen LogP contribution in [-0.2, 0) is 11.8 Å². The first-order chi connectivity index (χ1) is 9.06. The second-order valence-corrected chi connectivity index (χ2v) is 4.98. The van der Waals surface area contributed by atoms with Crippen LogP contribution >= 0.6 is 11.6 Å². The fourth-order valence-electron chi connectivity index (χ4n) is 2.40. The molecule has 0 fully saturated rings. The van der Waals surface area contributed by atoms with Gasteiger partial charge in [-0.15, -0.1) is 0 Å². The van der Waals surface area contributed by atoms with Crippen LogP contribution in [0.4, 0.5) is 10.2 Å². The van der Waals surface area contributed by atoms with Crippen LogP contribution < -0.4 is 5.32 Å². The molecule has 1 amide bonds. The number of amides is 1. The zero-order chi connectivity index (χ0) is 13.6. The van der Waals surface area contributed by atoms with E-state index in [0.717, 1.165) is 5.56 Å². The highest BCUT2D eigenvalue weighted by Gasteiger charge is 2.31. The summed E-state index contributed by atoms with van der Waals surface area (Å²) in [5, 5.41) is 7.31. The molecule has 0 saturated carbocycles. The third-order valence-corrected chi connectivity index (χ3v) is 3.56. The summed E-state index contributed by atoms with van der Waals surface area (Å²) in [6, 6.07) is 4.38. The van der Waals surface area contributed by atoms with Crippen LogP contribution in [-0.4, -0.2) is 15.7 Å². The number of carbonyl (C=O) groups excluding carboxylic acids is 1. The predicted octanol–water partition coefficient (Wildman–Crippen LogP) is 2.69. The number of nitrogens with one attached hydrogen (secondary N) is 1. The molecule has 1 aliphatic heterocycles. The maximum atomic E-state index is 14.0. The number of carbonyl (C=O) groups is 1. The Morgan fingerprint density at radius 3 is 3.05 bits per heavy atom. The number of anilines is 1. The maximum absolute atomic E-state index is 14.0. The number of benzene rings is 1. The zero-order valence-corrected chi connectivity index (χ0v) is 10.9. The van der Waals surface area contributed by atoms with Gasteiger partial charge in [-0.3, -0.25) is 9.48 Å². The molecule has 1 aromatic carbocycles. The smallest absolute Gasteiger partial charge is 0.226 e. The lowest BCUT2D eigenvalue weighted by molar-refractivity contribution is -0.116. The Labute approximate surface area is 114 Å². The van der Waals surface area contributed by atoms with Crippen molar-refractivity contribution in [2.75, 3.05) is 5.32 Å². The molecule has 19 heavy (non-hydrogen) atoms. The Bertz CT molecular complexity index is 668. The van der Waals surface area contributed by atoms with Gasteiger partial charge in [0.15, 0.2) is 0 Å². The van der Waals surface area contributed by atoms with Gasteiger partial charge in [-0.1, -0.05) is 11.6 Å². The van der Waals surface area contributed by atoms with Crippen LogP contribution in [0.25, 0.3) is 0 Å². The quantitative estimate of drug-likeness (QED) is 0.872. The van der Waals surface area contributed by atoms with Crippen LogP contribution in [0.2, 0.25) is 5.02 Å². The number of halogens is 2. The number of hydrogen-bond acceptors (Lipinski definition) is 2. The Kier molecular flexibility index (Phi) is 2.78. The molecule has 0 radical (unpaired) electrons. The molecule has 2 aromatic rings. The molecule has 0 spiro atoms. The molecular weight excluding hydrogens is 269 g/mol. The van der Waals surface area contributed by atoms with Crippen molar-refractivity contribution in [2.24, 2.45) is 7.05 Å². The van der Waals surface area contributed by atoms with E-state index in [1.807, 2.05) is 0 Å². The highest BCUT2D eigenvalue weighted by Crippen LogP contribution is 2.38. The molecule has 0 bridgehead atoms. The Morgan fingerprint density at radius 1 is 1.47 bits per heavy atom. The molecular formula is C13H11ClFN3O. The van der Waals surface area contributed by atoms with Crippen LogP contribution in [0.15, 0.2) is 24.4 Å². The number of rotatable bonds is 1. The van der Waals surface area contributed by atoms with Gasteiger partial charge in [0, 0.05) is 30.0 Å². The Hall–Kier alpha value is -1.88. The van der Waals surface area contributed by atoms with Crippen LogP contribution in [0.3, 0.4) is 0 Å². The Balaban J connectivity index is 2.15. The maximum Gasteiger partial charge on any atom is 0.226 e. The normalized spacial score (nSPS) is 18.1. The SMILES string of the molecule is Cn1ncc2c1NC(=O)C[C@H]2c1cc(Cl)ccc1F. The van der Waals surface area contributed by atoms with Gasteiger partial charge in [-0.2, -0.15) is 5.10 Å². The number of hydrogen-bond donors (Lipinski definition) is 1. The molecule has 1 N–H and O–H groups in total. The molecule has 0 aliphatic carbocycles. The predicted molar refractivity (Wildman–Crippen MR) is 69.7 cm³/mol. The lowest BCUT2D eigenvalue weighted by Crippen LogP contribution is -2.24. The summed E-state index contributed by atoms with van der Waals surface area (Å²) in [6.07, 6.45) is 1.84. The lowest BCUT2D eigenvalue weighted by atomic mass is 9.87. The van der Waals surface area contributed by atoms with E-state index in [1.54, 1.807) is 24.0 Å². The topological polar surface area (TPSA) is 46.9 Å². The highest BCUT2D eigenvalue weighted by molar-refractivity contribution is 6.30. The van der Waals surface area contributed by atoms with Gasteiger partial charge in [0.2, 0.25) is 5.91 Å². The molecule has 1 atom stereocenters. The number of nitrogens with zero attached hydrogens (tertiary/aromatic N) is 2. The van der Waals surface area contributed by atoms with Crippen molar-refractivity contribution in [3.63, 3.8) is 0 Å². The fourth-order valence-corrected chi connectivity index (χ4v) is 2.58. The van der Waals surface area contributed by atoms with E-state index in [2.05, 4.69) is 10.4 Å². The third kappa shape index (κ3) is 2.00. The molecule has 1 aromatic heterocycles. The summed E-state index contributed by atoms with van der Waals surface area (Å²) in [5.41, 5.74) is 1.24. The van der Waals surface area contributed by atoms with E-state index >= 15 is 0 Å². The van der Waals surface area contributed by atoms with Crippen LogP contribution in [0, 0.1) is 5.82 Å². The summed E-state index contributed by atoms with van der Waals surface area (Å²) >= 11 is 5.92. The minimum absolute atomic E-state index is 0.152. The average Bonchev–Trinajstić information content (AvgIpc) is 2.73. The van der Waals surface area contributed by atoms with E-state index in [9.17, 15) is 9.18 Å². The van der Waals surface area contributed by atoms with Crippen molar-refractivity contribution in [3.8, 4) is 0 Å². The first kappa shape index (κ1) is 12.2. The second kappa shape index (κ2) is 4.35. The molecule has 1 aliphatic rings. The van der Waals surface area contributed by atoms with Gasteiger partial charge in [-0.25, -0.2) is 4.39 Å². The Morgan fingerprint density at radius 2 is 2.26 bits per heavy atom. The number of aromatic nitrogens is 2. The number of fused-ring (bicyclic) bond motifs is 1. The van der Waals surface area contributed by atoms with Crippen molar-refractivity contribution in [1.82, 2.24) is 9.78 Å². The van der Waals surface area contributed by atoms with Crippen molar-refractivity contribution in [2.45, 2.75) is 12.3 Å². The van der Waals surface area contributed by atoms with Gasteiger partial charge in [-0.05, 0) is 23.8 Å². The van der Waals surface area contributed by atoms with Crippen molar-refractivity contribution in [1.29, 1.82) is 0 Å². The van der Waals surface area contributed by atoms with Crippen molar-refractivity contribution in [3.05, 3.63) is 46.4 Å². The largest absolute Gasteiger partial charge is 0.311 e. The summed E-state index contributed by atoms with van der Waals surface area (Å²) in [4.78, 5) is 11.7. The molecule has 6 heteroatoms. The van der Waals surface area contributed by atoms with E-state index in [1.165, 1.54) is 12.1 Å². The average molecular weight is 280 g/mol. The third-order valence-electron chi connectivity index (χ3n) is 3.32. The van der Waals surface area contributed by atoms with E-state index in [0.29, 0.717) is 16.4 Å². The van der Waals surface area contributed by atoms with E-state index < -0.39 is 0 Å². The first-order valence-electron chi connectivity index (χ1n) is 5.83. The monoisotopic (exact) mass is 279 g/mol. The molecule has 98 valence electrons. The van der Waals surface area contributed by atoms with E-state index in [-0.39, 0.29) is 24.1 Å². The van der Waals surface area contributed by atoms with Crippen molar-refractivity contribution < 1.29 is 9.18 Å². The minimum atomic E-state index is -0.362. The molecule has 0 unspecified atom stereocenters. The standard InChI is InChI=1S/C13H11ClFN3O/c1-18-13-10(6-16-18)8(5-12(19)17-13)9-4-7(14)2-3-11(9)15/h2-4,6,8H,5H2,1H3,(H,17,19)/t8-/m0/s1. The van der Waals surface area contributed by atoms with E-state index in [4.69, 9.17) is 11.6 Å². The lowest BCUT2D eigenvalue weighted by Gasteiger charge is -2.23. The summed E-state index contributed by atoms with van der Waals surface area (Å²) < 4.78 is 15.5. The molecule has 3 rings (SSSR count). The highest BCUT2D eigenvalue weighted by atomic mass is 35.5. The van der Waals surface area contributed by atoms with Gasteiger partial charge in [0.1, 0.15) is 11.6 Å². The number of aryl methyl sites for hydroxylation is 1. The van der Waals surface area contributed by atoms with Gasteiger partial charge < -0.3 is 5.32 Å². The van der Waals surface area contributed by atoms with Crippen LogP contribution in [0.1, 0.15) is 23.5 Å². The molecule has 4 nitrogen and oxygen atoms in total. The summed E-state index contributed by atoms with van der Waals surface area (Å²) in [6.45, 7) is 0. The zero-order valence-electron chi connectivity index (χ0n) is 10.2. The van der Waals surface area contributed by atoms with Crippen molar-refractivity contribution >= 4 is 23.3 Å². The summed E-state index contributed by atoms with van der Waals surface area (Å²) in [7, 11) is 1.73. The fraction of sp³-hybridized carbons (Fsp3) is 0.231. The summed E-state index contributed by atoms with van der Waals surface area (Å²) in [5.74, 6) is -0.254.